The lowest BCUT2D eigenvalue weighted by atomic mass is 9.79. The van der Waals surface area contributed by atoms with Gasteiger partial charge in [0.25, 0.3) is 5.91 Å². The Labute approximate surface area is 170 Å². The molecular weight excluding hydrogens is 362 g/mol. The van der Waals surface area contributed by atoms with Crippen molar-refractivity contribution in [2.24, 2.45) is 4.99 Å². The van der Waals surface area contributed by atoms with Crippen LogP contribution in [-0.4, -0.2) is 32.5 Å². The largest absolute Gasteiger partial charge is 0.321 e. The van der Waals surface area contributed by atoms with E-state index >= 15 is 0 Å². The molecule has 1 atom stereocenters. The van der Waals surface area contributed by atoms with Crippen molar-refractivity contribution >= 4 is 23.0 Å². The summed E-state index contributed by atoms with van der Waals surface area (Å²) in [7, 11) is 0. The number of hydrogen-bond donors (Lipinski definition) is 1. The molecule has 1 aliphatic carbocycles. The van der Waals surface area contributed by atoms with Crippen LogP contribution in [0.15, 0.2) is 35.6 Å². The molecule has 3 heterocycles. The highest BCUT2D eigenvalue weighted by Gasteiger charge is 2.26. The topological polar surface area (TPSA) is 71.7 Å². The number of aliphatic imine (C=N–C) groups is 1. The number of carbonyl (C=O) groups excluding carboxylic acids is 1. The Morgan fingerprint density at radius 3 is 2.90 bits per heavy atom. The molecule has 6 heteroatoms. The first-order valence-electron chi connectivity index (χ1n) is 10.4. The highest BCUT2D eigenvalue weighted by molar-refractivity contribution is 6.07. The van der Waals surface area contributed by atoms with Crippen molar-refractivity contribution in [3.05, 3.63) is 58.8 Å². The fourth-order valence-corrected chi connectivity index (χ4v) is 4.70. The number of hydrogen-bond acceptors (Lipinski definition) is 4. The lowest BCUT2D eigenvalue weighted by molar-refractivity contribution is 0.102. The number of aromatic nitrogens is 3. The number of fused-ring (bicyclic) bond motifs is 2. The van der Waals surface area contributed by atoms with Gasteiger partial charge in [0.2, 0.25) is 0 Å². The van der Waals surface area contributed by atoms with E-state index < -0.39 is 0 Å². The third-order valence-corrected chi connectivity index (χ3v) is 6.06. The van der Waals surface area contributed by atoms with Crippen LogP contribution in [0, 0.1) is 13.8 Å². The molecule has 1 aromatic carbocycles. The Hall–Kier alpha value is -3.02. The Morgan fingerprint density at radius 1 is 1.17 bits per heavy atom. The molecule has 2 aliphatic rings. The van der Waals surface area contributed by atoms with Crippen molar-refractivity contribution in [3.63, 3.8) is 0 Å². The molecule has 0 saturated heterocycles. The second-order valence-corrected chi connectivity index (χ2v) is 8.11. The zero-order valence-corrected chi connectivity index (χ0v) is 16.9. The van der Waals surface area contributed by atoms with E-state index in [1.807, 2.05) is 30.4 Å². The molecule has 0 radical (unpaired) electrons. The molecule has 0 fully saturated rings. The van der Waals surface area contributed by atoms with Crippen molar-refractivity contribution in [1.82, 2.24) is 14.4 Å². The van der Waals surface area contributed by atoms with Gasteiger partial charge in [-0.15, -0.1) is 0 Å². The molecule has 6 nitrogen and oxygen atoms in total. The molecule has 3 aromatic rings. The summed E-state index contributed by atoms with van der Waals surface area (Å²) >= 11 is 0. The van der Waals surface area contributed by atoms with Crippen molar-refractivity contribution < 1.29 is 4.79 Å². The number of carbonyl (C=O) groups is 1. The van der Waals surface area contributed by atoms with Crippen molar-refractivity contribution in [3.8, 4) is 0 Å². The first-order chi connectivity index (χ1) is 14.1. The molecule has 148 valence electrons. The summed E-state index contributed by atoms with van der Waals surface area (Å²) in [4.78, 5) is 26.6. The third kappa shape index (κ3) is 3.22. The summed E-state index contributed by atoms with van der Waals surface area (Å²) in [6, 6.07) is 8.27. The van der Waals surface area contributed by atoms with Crippen LogP contribution in [-0.2, 0) is 6.42 Å². The zero-order chi connectivity index (χ0) is 20.0. The van der Waals surface area contributed by atoms with E-state index in [-0.39, 0.29) is 5.91 Å². The number of benzene rings is 1. The minimum Gasteiger partial charge on any atom is -0.321 e. The number of nitrogens with one attached hydrogen (secondary N) is 1. The minimum absolute atomic E-state index is 0.226. The van der Waals surface area contributed by atoms with Crippen molar-refractivity contribution in [2.45, 2.75) is 51.9 Å². The number of aryl methyl sites for hydroxylation is 3. The van der Waals surface area contributed by atoms with Crippen molar-refractivity contribution in [1.29, 1.82) is 0 Å². The van der Waals surface area contributed by atoms with Crippen LogP contribution >= 0.6 is 0 Å². The predicted molar refractivity (Wildman–Crippen MR) is 114 cm³/mol. The Kier molecular flexibility index (Phi) is 4.42. The molecule has 1 N–H and O–H groups in total. The quantitative estimate of drug-likeness (QED) is 0.730. The average molecular weight is 387 g/mol. The fraction of sp³-hybridized carbons (Fsp3) is 0.391. The fourth-order valence-electron chi connectivity index (χ4n) is 4.70. The number of anilines is 1. The molecule has 0 bridgehead atoms. The zero-order valence-electron chi connectivity index (χ0n) is 16.9. The summed E-state index contributed by atoms with van der Waals surface area (Å²) < 4.78 is 1.85. The Bertz CT molecular complexity index is 1140. The van der Waals surface area contributed by atoms with Crippen LogP contribution < -0.4 is 5.32 Å². The monoisotopic (exact) mass is 387 g/mol. The molecule has 2 aromatic heterocycles. The maximum Gasteiger partial charge on any atom is 0.278 e. The normalized spacial score (nSPS) is 18.6. The standard InChI is InChI=1S/C23H25N5O/c1-14-11-15(2)28-13-25-21(22(28)26-14)23(29)27-17-9-8-16-5-3-6-18(19(16)12-17)20-7-4-10-24-20/h8-9,11-13,18H,3-7,10H2,1-2H3,(H,27,29). The van der Waals surface area contributed by atoms with Gasteiger partial charge >= 0.3 is 0 Å². The third-order valence-electron chi connectivity index (χ3n) is 6.06. The van der Waals surface area contributed by atoms with E-state index in [1.165, 1.54) is 23.3 Å². The molecule has 5 rings (SSSR count). The van der Waals surface area contributed by atoms with Crippen LogP contribution in [0.5, 0.6) is 0 Å². The van der Waals surface area contributed by atoms with Crippen LogP contribution in [0.1, 0.15) is 64.6 Å². The molecular formula is C23H25N5O. The maximum absolute atomic E-state index is 13.0. The summed E-state index contributed by atoms with van der Waals surface area (Å²) in [5, 5.41) is 3.04. The lowest BCUT2D eigenvalue weighted by Crippen LogP contribution is -2.19. The lowest BCUT2D eigenvalue weighted by Gasteiger charge is -2.26. The predicted octanol–water partition coefficient (Wildman–Crippen LogP) is 4.25. The Morgan fingerprint density at radius 2 is 2.07 bits per heavy atom. The highest BCUT2D eigenvalue weighted by Crippen LogP contribution is 2.36. The van der Waals surface area contributed by atoms with Gasteiger partial charge in [-0.1, -0.05) is 6.07 Å². The molecule has 0 saturated carbocycles. The summed E-state index contributed by atoms with van der Waals surface area (Å²) in [5.74, 6) is 0.175. The van der Waals surface area contributed by atoms with Crippen LogP contribution in [0.2, 0.25) is 0 Å². The number of nitrogens with zero attached hydrogens (tertiary/aromatic N) is 4. The smallest absolute Gasteiger partial charge is 0.278 e. The van der Waals surface area contributed by atoms with Gasteiger partial charge in [0, 0.05) is 35.2 Å². The van der Waals surface area contributed by atoms with Gasteiger partial charge in [-0.2, -0.15) is 0 Å². The SMILES string of the molecule is Cc1cc(C)n2cnc(C(=O)Nc3ccc4c(c3)C(C3=NCCC3)CCC4)c2n1. The van der Waals surface area contributed by atoms with Gasteiger partial charge in [0.1, 0.15) is 6.33 Å². The molecule has 1 aliphatic heterocycles. The average Bonchev–Trinajstić information content (AvgIpc) is 3.37. The molecule has 29 heavy (non-hydrogen) atoms. The van der Waals surface area contributed by atoms with E-state index in [4.69, 9.17) is 4.99 Å². The number of rotatable bonds is 3. The van der Waals surface area contributed by atoms with E-state index in [0.717, 1.165) is 49.3 Å². The summed E-state index contributed by atoms with van der Waals surface area (Å²) in [6.07, 6.45) is 7.38. The number of amides is 1. The first-order valence-corrected chi connectivity index (χ1v) is 10.4. The minimum atomic E-state index is -0.226. The van der Waals surface area contributed by atoms with E-state index in [9.17, 15) is 4.79 Å². The van der Waals surface area contributed by atoms with Gasteiger partial charge in [-0.05, 0) is 75.3 Å². The van der Waals surface area contributed by atoms with Gasteiger partial charge in [0.15, 0.2) is 11.3 Å². The van der Waals surface area contributed by atoms with Crippen LogP contribution in [0.4, 0.5) is 5.69 Å². The van der Waals surface area contributed by atoms with Gasteiger partial charge < -0.3 is 5.32 Å². The molecule has 1 amide bonds. The second-order valence-electron chi connectivity index (χ2n) is 8.11. The molecule has 1 unspecified atom stereocenters. The van der Waals surface area contributed by atoms with E-state index in [1.54, 1.807) is 6.33 Å². The number of imidazole rings is 1. The van der Waals surface area contributed by atoms with Crippen molar-refractivity contribution in [2.75, 3.05) is 11.9 Å². The van der Waals surface area contributed by atoms with Gasteiger partial charge in [0.05, 0.1) is 0 Å². The van der Waals surface area contributed by atoms with E-state index in [2.05, 4.69) is 27.4 Å². The highest BCUT2D eigenvalue weighted by atomic mass is 16.1. The van der Waals surface area contributed by atoms with Crippen LogP contribution in [0.25, 0.3) is 5.65 Å². The maximum atomic E-state index is 13.0. The van der Waals surface area contributed by atoms with Gasteiger partial charge in [-0.3, -0.25) is 14.2 Å². The van der Waals surface area contributed by atoms with Crippen LogP contribution in [0.3, 0.4) is 0 Å². The second kappa shape index (κ2) is 7.10. The Balaban J connectivity index is 1.45. The van der Waals surface area contributed by atoms with E-state index in [0.29, 0.717) is 17.3 Å². The first kappa shape index (κ1) is 18.0. The molecule has 0 spiro atoms. The summed E-state index contributed by atoms with van der Waals surface area (Å²) in [5.41, 5.74) is 7.69. The summed E-state index contributed by atoms with van der Waals surface area (Å²) in [6.45, 7) is 4.87. The van der Waals surface area contributed by atoms with Gasteiger partial charge in [-0.25, -0.2) is 9.97 Å².